The lowest BCUT2D eigenvalue weighted by molar-refractivity contribution is 0.0430. The molecule has 84 valence electrons. The zero-order valence-electron chi connectivity index (χ0n) is 9.35. The third kappa shape index (κ3) is 1.68. The summed E-state index contributed by atoms with van der Waals surface area (Å²) in [5.74, 6) is 0. The van der Waals surface area contributed by atoms with E-state index in [1.54, 1.807) is 12.4 Å². The molecule has 0 aliphatic heterocycles. The maximum Gasteiger partial charge on any atom is 0.104 e. The van der Waals surface area contributed by atoms with Crippen molar-refractivity contribution >= 4 is 10.8 Å². The van der Waals surface area contributed by atoms with Gasteiger partial charge in [0.2, 0.25) is 0 Å². The van der Waals surface area contributed by atoms with Gasteiger partial charge in [-0.3, -0.25) is 4.98 Å². The highest BCUT2D eigenvalue weighted by Gasteiger charge is 2.27. The molecule has 1 aromatic heterocycles. The number of pyridine rings is 1. The monoisotopic (exact) mass is 216 g/mol. The first-order valence-electron chi connectivity index (χ1n) is 5.47. The molecule has 0 spiro atoms. The number of hydrogen-bond donors (Lipinski definition) is 2. The molecule has 1 unspecified atom stereocenters. The third-order valence-electron chi connectivity index (χ3n) is 3.09. The lowest BCUT2D eigenvalue weighted by Crippen LogP contribution is -2.34. The largest absolute Gasteiger partial charge is 0.384 e. The van der Waals surface area contributed by atoms with Gasteiger partial charge in [-0.2, -0.15) is 0 Å². The molecule has 3 nitrogen and oxygen atoms in total. The number of hydrogen-bond acceptors (Lipinski definition) is 3. The van der Waals surface area contributed by atoms with Crippen LogP contribution in [0.2, 0.25) is 0 Å². The van der Waals surface area contributed by atoms with Crippen molar-refractivity contribution in [1.29, 1.82) is 0 Å². The zero-order valence-corrected chi connectivity index (χ0v) is 9.35. The Hall–Kier alpha value is -1.45. The molecule has 3 heteroatoms. The number of aromatic nitrogens is 1. The summed E-state index contributed by atoms with van der Waals surface area (Å²) in [6.07, 6.45) is 4.09. The van der Waals surface area contributed by atoms with Gasteiger partial charge in [0, 0.05) is 29.9 Å². The molecule has 0 radical (unpaired) electrons. The van der Waals surface area contributed by atoms with Crippen molar-refractivity contribution < 1.29 is 5.11 Å². The Bertz CT molecular complexity index is 487. The smallest absolute Gasteiger partial charge is 0.104 e. The first-order chi connectivity index (χ1) is 7.71. The Balaban J connectivity index is 2.69. The number of benzene rings is 1. The molecule has 1 aromatic carbocycles. The Morgan fingerprint density at radius 2 is 2.06 bits per heavy atom. The van der Waals surface area contributed by atoms with Crippen LogP contribution >= 0.6 is 0 Å². The fourth-order valence-electron chi connectivity index (χ4n) is 1.93. The number of nitrogens with two attached hydrogens (primary N) is 1. The van der Waals surface area contributed by atoms with E-state index in [2.05, 4.69) is 4.98 Å². The van der Waals surface area contributed by atoms with E-state index < -0.39 is 5.60 Å². The van der Waals surface area contributed by atoms with Gasteiger partial charge in [0.05, 0.1) is 0 Å². The highest BCUT2D eigenvalue weighted by atomic mass is 16.3. The fraction of sp³-hybridized carbons (Fsp3) is 0.308. The van der Waals surface area contributed by atoms with E-state index in [1.165, 1.54) is 0 Å². The molecule has 0 saturated carbocycles. The van der Waals surface area contributed by atoms with Crippen LogP contribution in [0.15, 0.2) is 36.7 Å². The lowest BCUT2D eigenvalue weighted by atomic mass is 9.89. The Labute approximate surface area is 94.9 Å². The van der Waals surface area contributed by atoms with Gasteiger partial charge in [0.15, 0.2) is 0 Å². The van der Waals surface area contributed by atoms with Crippen molar-refractivity contribution in [3.8, 4) is 0 Å². The van der Waals surface area contributed by atoms with Gasteiger partial charge in [0.1, 0.15) is 5.60 Å². The third-order valence-corrected chi connectivity index (χ3v) is 3.09. The van der Waals surface area contributed by atoms with Crippen LogP contribution in [-0.4, -0.2) is 16.6 Å². The Morgan fingerprint density at radius 1 is 1.31 bits per heavy atom. The van der Waals surface area contributed by atoms with Crippen LogP contribution in [-0.2, 0) is 5.60 Å². The van der Waals surface area contributed by atoms with E-state index in [1.807, 2.05) is 31.2 Å². The number of nitrogens with zero attached hydrogens (tertiary/aromatic N) is 1. The summed E-state index contributed by atoms with van der Waals surface area (Å²) in [6, 6.07) is 7.89. The normalized spacial score (nSPS) is 14.9. The van der Waals surface area contributed by atoms with Gasteiger partial charge in [-0.1, -0.05) is 31.2 Å². The molecule has 0 aliphatic rings. The minimum atomic E-state index is -0.978. The van der Waals surface area contributed by atoms with Crippen molar-refractivity contribution in [1.82, 2.24) is 4.98 Å². The van der Waals surface area contributed by atoms with Gasteiger partial charge in [0.25, 0.3) is 0 Å². The second-order valence-electron chi connectivity index (χ2n) is 4.00. The molecule has 2 rings (SSSR count). The van der Waals surface area contributed by atoms with Crippen molar-refractivity contribution in [3.05, 3.63) is 42.2 Å². The van der Waals surface area contributed by atoms with Crippen molar-refractivity contribution in [2.75, 3.05) is 6.54 Å². The first-order valence-corrected chi connectivity index (χ1v) is 5.47. The summed E-state index contributed by atoms with van der Waals surface area (Å²) in [7, 11) is 0. The predicted molar refractivity (Wildman–Crippen MR) is 65.0 cm³/mol. The number of rotatable bonds is 3. The minimum Gasteiger partial charge on any atom is -0.384 e. The molecular formula is C13H16N2O. The molecule has 0 saturated heterocycles. The Kier molecular flexibility index (Phi) is 2.90. The number of fused-ring (bicyclic) bond motifs is 1. The van der Waals surface area contributed by atoms with Crippen molar-refractivity contribution in [3.63, 3.8) is 0 Å². The van der Waals surface area contributed by atoms with E-state index in [0.29, 0.717) is 6.42 Å². The quantitative estimate of drug-likeness (QED) is 0.822. The molecule has 0 fully saturated rings. The van der Waals surface area contributed by atoms with Gasteiger partial charge < -0.3 is 10.8 Å². The maximum atomic E-state index is 10.4. The molecule has 1 atom stereocenters. The second kappa shape index (κ2) is 4.20. The van der Waals surface area contributed by atoms with Gasteiger partial charge in [-0.05, 0) is 11.8 Å². The van der Waals surface area contributed by atoms with Gasteiger partial charge >= 0.3 is 0 Å². The first kappa shape index (κ1) is 11.0. The average Bonchev–Trinajstić information content (AvgIpc) is 2.37. The molecule has 0 amide bonds. The standard InChI is InChI=1S/C13H16N2O/c1-2-13(16,9-14)12-8-15-7-10-5-3-4-6-11(10)12/h3-8,16H,2,9,14H2,1H3. The summed E-state index contributed by atoms with van der Waals surface area (Å²) in [5.41, 5.74) is 5.50. The van der Waals surface area contributed by atoms with E-state index in [-0.39, 0.29) is 6.54 Å². The summed E-state index contributed by atoms with van der Waals surface area (Å²) in [6.45, 7) is 2.13. The van der Waals surface area contributed by atoms with Crippen LogP contribution in [0, 0.1) is 0 Å². The van der Waals surface area contributed by atoms with Gasteiger partial charge in [-0.25, -0.2) is 0 Å². The van der Waals surface area contributed by atoms with Crippen LogP contribution in [0.3, 0.4) is 0 Å². The van der Waals surface area contributed by atoms with E-state index in [9.17, 15) is 5.11 Å². The summed E-state index contributed by atoms with van der Waals surface area (Å²) in [4.78, 5) is 4.16. The molecule has 0 aliphatic carbocycles. The molecule has 0 bridgehead atoms. The average molecular weight is 216 g/mol. The van der Waals surface area contributed by atoms with E-state index in [4.69, 9.17) is 5.73 Å². The van der Waals surface area contributed by atoms with Crippen molar-refractivity contribution in [2.45, 2.75) is 18.9 Å². The van der Waals surface area contributed by atoms with E-state index >= 15 is 0 Å². The lowest BCUT2D eigenvalue weighted by Gasteiger charge is -2.26. The SMILES string of the molecule is CCC(O)(CN)c1cncc2ccccc12. The van der Waals surface area contributed by atoms with Crippen LogP contribution in [0.1, 0.15) is 18.9 Å². The predicted octanol–water partition coefficient (Wildman–Crippen LogP) is 1.79. The molecular weight excluding hydrogens is 200 g/mol. The highest BCUT2D eigenvalue weighted by molar-refractivity contribution is 5.85. The Morgan fingerprint density at radius 3 is 2.75 bits per heavy atom. The molecule has 2 aromatic rings. The van der Waals surface area contributed by atoms with E-state index in [0.717, 1.165) is 16.3 Å². The van der Waals surface area contributed by atoms with Crippen LogP contribution in [0.5, 0.6) is 0 Å². The molecule has 1 heterocycles. The second-order valence-corrected chi connectivity index (χ2v) is 4.00. The van der Waals surface area contributed by atoms with Crippen LogP contribution < -0.4 is 5.73 Å². The zero-order chi connectivity index (χ0) is 11.6. The summed E-state index contributed by atoms with van der Waals surface area (Å²) in [5, 5.41) is 12.5. The highest BCUT2D eigenvalue weighted by Crippen LogP contribution is 2.29. The topological polar surface area (TPSA) is 59.1 Å². The van der Waals surface area contributed by atoms with Crippen LogP contribution in [0.4, 0.5) is 0 Å². The maximum absolute atomic E-state index is 10.4. The number of aliphatic hydroxyl groups is 1. The minimum absolute atomic E-state index is 0.208. The van der Waals surface area contributed by atoms with Crippen molar-refractivity contribution in [2.24, 2.45) is 5.73 Å². The molecule has 3 N–H and O–H groups in total. The van der Waals surface area contributed by atoms with Gasteiger partial charge in [-0.15, -0.1) is 0 Å². The summed E-state index contributed by atoms with van der Waals surface area (Å²) < 4.78 is 0. The van der Waals surface area contributed by atoms with Crippen LogP contribution in [0.25, 0.3) is 10.8 Å². The summed E-state index contributed by atoms with van der Waals surface area (Å²) >= 11 is 0. The molecule has 16 heavy (non-hydrogen) atoms. The fourth-order valence-corrected chi connectivity index (χ4v) is 1.93.